The molecule has 1 N–H and O–H groups in total. The van der Waals surface area contributed by atoms with E-state index in [9.17, 15) is 4.79 Å². The third-order valence-corrected chi connectivity index (χ3v) is 2.74. The first-order chi connectivity index (χ1) is 8.77. The number of nitrogens with zero attached hydrogens (tertiary/aromatic N) is 1. The minimum atomic E-state index is 0.0325. The lowest BCUT2D eigenvalue weighted by Gasteiger charge is -2.17. The Morgan fingerprint density at radius 3 is 2.17 bits per heavy atom. The average Bonchev–Trinajstić information content (AvgIpc) is 2.46. The Hall–Kier alpha value is -2.29. The van der Waals surface area contributed by atoms with Crippen molar-refractivity contribution < 1.29 is 4.79 Å². The molecule has 0 bridgehead atoms. The molecule has 0 aliphatic carbocycles. The Balaban J connectivity index is 1.93. The number of likely N-dealkylation sites (N-methyl/N-ethyl adjacent to an activating group) is 1. The summed E-state index contributed by atoms with van der Waals surface area (Å²) in [7, 11) is 1.78. The lowest BCUT2D eigenvalue weighted by Crippen LogP contribution is -2.31. The second-order valence-corrected chi connectivity index (χ2v) is 4.01. The van der Waals surface area contributed by atoms with E-state index in [0.717, 1.165) is 11.4 Å². The van der Waals surface area contributed by atoms with Gasteiger partial charge in [-0.3, -0.25) is 4.79 Å². The lowest BCUT2D eigenvalue weighted by molar-refractivity contribution is -0.116. The Morgan fingerprint density at radius 1 is 1.00 bits per heavy atom. The molecule has 0 spiro atoms. The van der Waals surface area contributed by atoms with Gasteiger partial charge in [0.15, 0.2) is 0 Å². The molecule has 2 aromatic rings. The zero-order valence-corrected chi connectivity index (χ0v) is 10.3. The van der Waals surface area contributed by atoms with E-state index >= 15 is 0 Å². The molecule has 2 rings (SSSR count). The number of amides is 1. The SMILES string of the molecule is CN(C(=O)CNc1ccccc1)c1ccccc1. The molecule has 0 heterocycles. The van der Waals surface area contributed by atoms with Crippen LogP contribution in [0.5, 0.6) is 0 Å². The summed E-state index contributed by atoms with van der Waals surface area (Å²) in [4.78, 5) is 13.6. The molecule has 0 atom stereocenters. The maximum atomic E-state index is 12.0. The van der Waals surface area contributed by atoms with E-state index in [1.807, 2.05) is 60.7 Å². The van der Waals surface area contributed by atoms with Crippen LogP contribution < -0.4 is 10.2 Å². The summed E-state index contributed by atoms with van der Waals surface area (Å²) in [6.07, 6.45) is 0. The molecule has 0 saturated heterocycles. The number of rotatable bonds is 4. The van der Waals surface area contributed by atoms with Crippen molar-refractivity contribution in [1.29, 1.82) is 0 Å². The van der Waals surface area contributed by atoms with E-state index in [0.29, 0.717) is 0 Å². The zero-order chi connectivity index (χ0) is 12.8. The molecule has 0 aliphatic rings. The third kappa shape index (κ3) is 3.10. The quantitative estimate of drug-likeness (QED) is 0.891. The molecule has 0 radical (unpaired) electrons. The second-order valence-electron chi connectivity index (χ2n) is 4.01. The molecular formula is C15H16N2O. The normalized spacial score (nSPS) is 9.83. The molecule has 0 aliphatic heterocycles. The van der Waals surface area contributed by atoms with Crippen LogP contribution in [0.25, 0.3) is 0 Å². The third-order valence-electron chi connectivity index (χ3n) is 2.74. The molecule has 2 aromatic carbocycles. The molecule has 92 valence electrons. The number of carbonyl (C=O) groups excluding carboxylic acids is 1. The van der Waals surface area contributed by atoms with Crippen LogP contribution in [-0.2, 0) is 4.79 Å². The average molecular weight is 240 g/mol. The van der Waals surface area contributed by atoms with Crippen molar-refractivity contribution in [2.45, 2.75) is 0 Å². The highest BCUT2D eigenvalue weighted by molar-refractivity contribution is 5.95. The van der Waals surface area contributed by atoms with E-state index in [2.05, 4.69) is 5.32 Å². The molecule has 0 saturated carbocycles. The van der Waals surface area contributed by atoms with Gasteiger partial charge in [-0.1, -0.05) is 36.4 Å². The lowest BCUT2D eigenvalue weighted by atomic mass is 10.3. The maximum Gasteiger partial charge on any atom is 0.246 e. The number of para-hydroxylation sites is 2. The van der Waals surface area contributed by atoms with Gasteiger partial charge < -0.3 is 10.2 Å². The zero-order valence-electron chi connectivity index (χ0n) is 10.3. The van der Waals surface area contributed by atoms with Gasteiger partial charge in [-0.25, -0.2) is 0 Å². The number of benzene rings is 2. The van der Waals surface area contributed by atoms with Crippen molar-refractivity contribution in [3.8, 4) is 0 Å². The van der Waals surface area contributed by atoms with Gasteiger partial charge >= 0.3 is 0 Å². The van der Waals surface area contributed by atoms with Crippen molar-refractivity contribution >= 4 is 17.3 Å². The van der Waals surface area contributed by atoms with Crippen molar-refractivity contribution in [2.75, 3.05) is 23.8 Å². The smallest absolute Gasteiger partial charge is 0.246 e. The van der Waals surface area contributed by atoms with E-state index in [-0.39, 0.29) is 12.5 Å². The molecule has 3 heteroatoms. The van der Waals surface area contributed by atoms with Crippen LogP contribution in [0.1, 0.15) is 0 Å². The first-order valence-corrected chi connectivity index (χ1v) is 5.88. The number of hydrogen-bond acceptors (Lipinski definition) is 2. The van der Waals surface area contributed by atoms with E-state index in [1.165, 1.54) is 0 Å². The van der Waals surface area contributed by atoms with Crippen molar-refractivity contribution in [3.63, 3.8) is 0 Å². The van der Waals surface area contributed by atoms with Gasteiger partial charge in [-0.15, -0.1) is 0 Å². The number of nitrogens with one attached hydrogen (secondary N) is 1. The molecule has 0 unspecified atom stereocenters. The highest BCUT2D eigenvalue weighted by Gasteiger charge is 2.09. The Bertz CT molecular complexity index is 496. The minimum absolute atomic E-state index is 0.0325. The van der Waals surface area contributed by atoms with Gasteiger partial charge in [0.25, 0.3) is 0 Å². The number of carbonyl (C=O) groups is 1. The summed E-state index contributed by atoms with van der Waals surface area (Å²) < 4.78 is 0. The summed E-state index contributed by atoms with van der Waals surface area (Å²) in [5.74, 6) is 0.0325. The topological polar surface area (TPSA) is 32.3 Å². The summed E-state index contributed by atoms with van der Waals surface area (Å²) in [5, 5.41) is 3.10. The summed E-state index contributed by atoms with van der Waals surface area (Å²) in [6, 6.07) is 19.3. The van der Waals surface area contributed by atoms with Crippen LogP contribution in [0.3, 0.4) is 0 Å². The highest BCUT2D eigenvalue weighted by Crippen LogP contribution is 2.11. The van der Waals surface area contributed by atoms with Crippen LogP contribution in [0.4, 0.5) is 11.4 Å². The van der Waals surface area contributed by atoms with Crippen LogP contribution in [0.15, 0.2) is 60.7 Å². The summed E-state index contributed by atoms with van der Waals surface area (Å²) in [5.41, 5.74) is 1.85. The molecule has 1 amide bonds. The Morgan fingerprint density at radius 2 is 1.56 bits per heavy atom. The predicted molar refractivity (Wildman–Crippen MR) is 74.8 cm³/mol. The molecule has 0 fully saturated rings. The fraction of sp³-hybridized carbons (Fsp3) is 0.133. The standard InChI is InChI=1S/C15H16N2O/c1-17(14-10-6-3-7-11-14)15(18)12-16-13-8-4-2-5-9-13/h2-11,16H,12H2,1H3. The van der Waals surface area contributed by atoms with Crippen molar-refractivity contribution in [2.24, 2.45) is 0 Å². The number of hydrogen-bond donors (Lipinski definition) is 1. The van der Waals surface area contributed by atoms with E-state index < -0.39 is 0 Å². The number of anilines is 2. The molecular weight excluding hydrogens is 224 g/mol. The van der Waals surface area contributed by atoms with Gasteiger partial charge in [-0.05, 0) is 24.3 Å². The Labute approximate surface area is 107 Å². The first-order valence-electron chi connectivity index (χ1n) is 5.88. The van der Waals surface area contributed by atoms with E-state index in [1.54, 1.807) is 11.9 Å². The van der Waals surface area contributed by atoms with Crippen molar-refractivity contribution in [3.05, 3.63) is 60.7 Å². The molecule has 3 nitrogen and oxygen atoms in total. The fourth-order valence-electron chi connectivity index (χ4n) is 1.65. The first kappa shape index (κ1) is 12.2. The van der Waals surface area contributed by atoms with Crippen LogP contribution in [0, 0.1) is 0 Å². The van der Waals surface area contributed by atoms with Crippen LogP contribution in [0.2, 0.25) is 0 Å². The molecule has 0 aromatic heterocycles. The molecule has 18 heavy (non-hydrogen) atoms. The minimum Gasteiger partial charge on any atom is -0.376 e. The largest absolute Gasteiger partial charge is 0.376 e. The van der Waals surface area contributed by atoms with Crippen molar-refractivity contribution in [1.82, 2.24) is 0 Å². The predicted octanol–water partition coefficient (Wildman–Crippen LogP) is 2.76. The summed E-state index contributed by atoms with van der Waals surface area (Å²) >= 11 is 0. The highest BCUT2D eigenvalue weighted by atomic mass is 16.2. The maximum absolute atomic E-state index is 12.0. The Kier molecular flexibility index (Phi) is 3.97. The van der Waals surface area contributed by atoms with Crippen LogP contribution in [-0.4, -0.2) is 19.5 Å². The monoisotopic (exact) mass is 240 g/mol. The van der Waals surface area contributed by atoms with Gasteiger partial charge in [0.1, 0.15) is 0 Å². The van der Waals surface area contributed by atoms with Crippen LogP contribution >= 0.6 is 0 Å². The summed E-state index contributed by atoms with van der Waals surface area (Å²) in [6.45, 7) is 0.287. The van der Waals surface area contributed by atoms with Gasteiger partial charge in [0.2, 0.25) is 5.91 Å². The van der Waals surface area contributed by atoms with Gasteiger partial charge in [0.05, 0.1) is 6.54 Å². The fourth-order valence-corrected chi connectivity index (χ4v) is 1.65. The van der Waals surface area contributed by atoms with E-state index in [4.69, 9.17) is 0 Å². The van der Waals surface area contributed by atoms with Gasteiger partial charge in [0, 0.05) is 18.4 Å². The van der Waals surface area contributed by atoms with Gasteiger partial charge in [-0.2, -0.15) is 0 Å². The second kappa shape index (κ2) is 5.87.